The highest BCUT2D eigenvalue weighted by molar-refractivity contribution is 7.89. The third-order valence-electron chi connectivity index (χ3n) is 6.40. The molecule has 2 heterocycles. The predicted octanol–water partition coefficient (Wildman–Crippen LogP) is 2.61. The van der Waals surface area contributed by atoms with Gasteiger partial charge in [0.15, 0.2) is 5.58 Å². The zero-order valence-corrected chi connectivity index (χ0v) is 20.5. The number of sulfonamides is 1. The molecule has 1 aromatic heterocycles. The van der Waals surface area contributed by atoms with Crippen molar-refractivity contribution in [3.8, 4) is 0 Å². The number of benzene rings is 1. The van der Waals surface area contributed by atoms with E-state index in [9.17, 15) is 18.0 Å². The summed E-state index contributed by atoms with van der Waals surface area (Å²) in [6.45, 7) is 4.25. The van der Waals surface area contributed by atoms with Gasteiger partial charge in [0.2, 0.25) is 10.0 Å². The summed E-state index contributed by atoms with van der Waals surface area (Å²) in [6.07, 6.45) is 6.89. The third kappa shape index (κ3) is 5.62. The molecule has 1 aromatic carbocycles. The zero-order chi connectivity index (χ0) is 22.7. The van der Waals surface area contributed by atoms with Gasteiger partial charge in [-0.25, -0.2) is 13.2 Å². The fourth-order valence-electron chi connectivity index (χ4n) is 4.65. The first-order chi connectivity index (χ1) is 15.4. The molecule has 33 heavy (non-hydrogen) atoms. The molecular weight excluding hydrogens is 470 g/mol. The maximum Gasteiger partial charge on any atom is 0.420 e. The van der Waals surface area contributed by atoms with E-state index < -0.39 is 21.7 Å². The number of aromatic nitrogens is 1. The molecule has 9 nitrogen and oxygen atoms in total. The topological polar surface area (TPSA) is 102 Å². The number of fused-ring (bicyclic) bond motifs is 1. The van der Waals surface area contributed by atoms with Crippen molar-refractivity contribution in [2.75, 3.05) is 32.8 Å². The Hall–Kier alpha value is -1.88. The number of oxazole rings is 1. The first-order valence-corrected chi connectivity index (χ1v) is 12.9. The maximum atomic E-state index is 13.2. The first-order valence-electron chi connectivity index (χ1n) is 11.4. The van der Waals surface area contributed by atoms with Gasteiger partial charge in [-0.2, -0.15) is 4.31 Å². The molecule has 0 amide bonds. The van der Waals surface area contributed by atoms with Crippen LogP contribution in [0.3, 0.4) is 0 Å². The highest BCUT2D eigenvalue weighted by Gasteiger charge is 2.32. The molecule has 0 atom stereocenters. The second-order valence-electron chi connectivity index (χ2n) is 8.54. The molecule has 1 aliphatic carbocycles. The number of ether oxygens (including phenoxy) is 1. The number of carbonyl (C=O) groups is 1. The van der Waals surface area contributed by atoms with E-state index in [0.717, 1.165) is 17.7 Å². The number of esters is 1. The molecule has 0 N–H and O–H groups in total. The summed E-state index contributed by atoms with van der Waals surface area (Å²) in [5.74, 6) is -1.26. The summed E-state index contributed by atoms with van der Waals surface area (Å²) in [7, 11) is -3.70. The second kappa shape index (κ2) is 11.0. The molecule has 2 aliphatic rings. The fourth-order valence-corrected chi connectivity index (χ4v) is 6.09. The van der Waals surface area contributed by atoms with Crippen molar-refractivity contribution < 1.29 is 22.4 Å². The van der Waals surface area contributed by atoms with E-state index in [4.69, 9.17) is 9.15 Å². The monoisotopic (exact) mass is 501 g/mol. The summed E-state index contributed by atoms with van der Waals surface area (Å²) in [4.78, 5) is 26.6. The molecule has 1 saturated heterocycles. The number of rotatable bonds is 7. The van der Waals surface area contributed by atoms with E-state index in [2.05, 4.69) is 4.90 Å². The molecule has 1 aliphatic heterocycles. The van der Waals surface area contributed by atoms with Crippen LogP contribution in [0.1, 0.15) is 45.4 Å². The number of piperazine rings is 1. The lowest BCUT2D eigenvalue weighted by Crippen LogP contribution is -2.52. The molecule has 4 rings (SSSR count). The van der Waals surface area contributed by atoms with Crippen LogP contribution in [0.4, 0.5) is 0 Å². The van der Waals surface area contributed by atoms with Crippen molar-refractivity contribution in [3.05, 3.63) is 28.7 Å². The summed E-state index contributed by atoms with van der Waals surface area (Å²) >= 11 is 0. The van der Waals surface area contributed by atoms with E-state index in [1.165, 1.54) is 54.6 Å². The van der Waals surface area contributed by atoms with Gasteiger partial charge >= 0.3 is 11.7 Å². The number of hydrogen-bond acceptors (Lipinski definition) is 7. The lowest BCUT2D eigenvalue weighted by Gasteiger charge is -2.40. The van der Waals surface area contributed by atoms with Crippen LogP contribution in [0.25, 0.3) is 11.1 Å². The molecule has 2 fully saturated rings. The largest absolute Gasteiger partial charge is 0.464 e. The Morgan fingerprint density at radius 1 is 1.12 bits per heavy atom. The second-order valence-corrected chi connectivity index (χ2v) is 10.5. The Morgan fingerprint density at radius 3 is 2.48 bits per heavy atom. The van der Waals surface area contributed by atoms with Crippen molar-refractivity contribution in [2.24, 2.45) is 0 Å². The van der Waals surface area contributed by atoms with Crippen LogP contribution in [-0.2, 0) is 26.1 Å². The van der Waals surface area contributed by atoms with Gasteiger partial charge in [-0.1, -0.05) is 26.2 Å². The number of carbonyl (C=O) groups excluding carboxylic acids is 1. The van der Waals surface area contributed by atoms with E-state index in [-0.39, 0.29) is 36.0 Å². The standard InChI is InChI=1S/C22H31N3O6S.ClH/c1-2-14-30-21(26)16-25-19-9-8-18(15-20(19)31-22(25)27)32(28,29)24-12-10-23(11-13-24)17-6-4-3-5-7-17;/h8-9,15,17H,2-7,10-14,16H2,1H3;1H. The Bertz CT molecular complexity index is 1110. The van der Waals surface area contributed by atoms with Gasteiger partial charge in [-0.05, 0) is 31.4 Å². The van der Waals surface area contributed by atoms with Crippen molar-refractivity contribution >= 4 is 39.5 Å². The Labute approximate surface area is 200 Å². The lowest BCUT2D eigenvalue weighted by atomic mass is 9.94. The van der Waals surface area contributed by atoms with Gasteiger partial charge in [-0.3, -0.25) is 14.3 Å². The van der Waals surface area contributed by atoms with Crippen LogP contribution in [0.15, 0.2) is 32.3 Å². The van der Waals surface area contributed by atoms with Gasteiger partial charge in [0.05, 0.1) is 17.0 Å². The molecule has 1 saturated carbocycles. The van der Waals surface area contributed by atoms with Crippen LogP contribution in [-0.4, -0.2) is 67.0 Å². The van der Waals surface area contributed by atoms with Crippen LogP contribution >= 0.6 is 12.4 Å². The van der Waals surface area contributed by atoms with Gasteiger partial charge < -0.3 is 9.15 Å². The molecule has 0 radical (unpaired) electrons. The van der Waals surface area contributed by atoms with E-state index >= 15 is 0 Å². The summed E-state index contributed by atoms with van der Waals surface area (Å²) in [5, 5.41) is 0. The molecule has 0 unspecified atom stereocenters. The molecule has 11 heteroatoms. The van der Waals surface area contributed by atoms with Crippen molar-refractivity contribution in [3.63, 3.8) is 0 Å². The molecule has 0 spiro atoms. The molecule has 2 aromatic rings. The smallest absolute Gasteiger partial charge is 0.420 e. The molecule has 0 bridgehead atoms. The van der Waals surface area contributed by atoms with Crippen LogP contribution in [0.5, 0.6) is 0 Å². The Balaban J connectivity index is 0.00000306. The van der Waals surface area contributed by atoms with Crippen LogP contribution < -0.4 is 5.76 Å². The molecule has 184 valence electrons. The van der Waals surface area contributed by atoms with Crippen LogP contribution in [0, 0.1) is 0 Å². The van der Waals surface area contributed by atoms with Crippen molar-refractivity contribution in [1.82, 2.24) is 13.8 Å². The van der Waals surface area contributed by atoms with Crippen LogP contribution in [0.2, 0.25) is 0 Å². The SMILES string of the molecule is CCCOC(=O)Cn1c(=O)oc2cc(S(=O)(=O)N3CCN(C4CCCCC4)CC3)ccc21.Cl. The minimum atomic E-state index is -3.70. The molecular formula is C22H32ClN3O6S. The average Bonchev–Trinajstić information content (AvgIpc) is 3.12. The summed E-state index contributed by atoms with van der Waals surface area (Å²) in [6, 6.07) is 4.92. The van der Waals surface area contributed by atoms with Gasteiger partial charge in [0.1, 0.15) is 6.54 Å². The Morgan fingerprint density at radius 2 is 1.82 bits per heavy atom. The fraction of sp³-hybridized carbons (Fsp3) is 0.636. The zero-order valence-electron chi connectivity index (χ0n) is 18.9. The van der Waals surface area contributed by atoms with Crippen molar-refractivity contribution in [1.29, 1.82) is 0 Å². The normalized spacial score (nSPS) is 18.8. The quantitative estimate of drug-likeness (QED) is 0.537. The Kier molecular flexibility index (Phi) is 8.60. The highest BCUT2D eigenvalue weighted by Crippen LogP contribution is 2.26. The minimum absolute atomic E-state index is 0. The van der Waals surface area contributed by atoms with Gasteiger partial charge in [0, 0.05) is 38.3 Å². The van der Waals surface area contributed by atoms with Gasteiger partial charge in [0.25, 0.3) is 0 Å². The van der Waals surface area contributed by atoms with E-state index in [1.807, 2.05) is 6.92 Å². The highest BCUT2D eigenvalue weighted by atomic mass is 35.5. The summed E-state index contributed by atoms with van der Waals surface area (Å²) in [5.41, 5.74) is 0.504. The average molecular weight is 502 g/mol. The number of halogens is 1. The minimum Gasteiger partial charge on any atom is -0.464 e. The van der Waals surface area contributed by atoms with Gasteiger partial charge in [-0.15, -0.1) is 12.4 Å². The lowest BCUT2D eigenvalue weighted by molar-refractivity contribution is -0.144. The van der Waals surface area contributed by atoms with E-state index in [0.29, 0.717) is 31.1 Å². The maximum absolute atomic E-state index is 13.2. The first kappa shape index (κ1) is 25.7. The van der Waals surface area contributed by atoms with Crippen molar-refractivity contribution in [2.45, 2.75) is 62.9 Å². The predicted molar refractivity (Wildman–Crippen MR) is 126 cm³/mol. The van der Waals surface area contributed by atoms with E-state index in [1.54, 1.807) is 0 Å². The number of nitrogens with zero attached hydrogens (tertiary/aromatic N) is 3. The number of hydrogen-bond donors (Lipinski definition) is 0. The third-order valence-corrected chi connectivity index (χ3v) is 8.29. The summed E-state index contributed by atoms with van der Waals surface area (Å²) < 4.78 is 39.3.